The van der Waals surface area contributed by atoms with Crippen molar-refractivity contribution in [1.29, 1.82) is 0 Å². The van der Waals surface area contributed by atoms with E-state index in [4.69, 9.17) is 4.74 Å². The molecule has 0 saturated carbocycles. The first-order valence-corrected chi connectivity index (χ1v) is 11.9. The number of amides is 1. The van der Waals surface area contributed by atoms with Gasteiger partial charge in [0.05, 0.1) is 0 Å². The van der Waals surface area contributed by atoms with Crippen molar-refractivity contribution in [1.82, 2.24) is 4.90 Å². The standard InChI is InChI=1S/C29H36N2O2/c1-6-23-7-9-24(10-8-23)25-11-13-26(14-12-25)29(32)30-27-15-17-28(18-16-27)33-20-19-31(21(2)3)22(4)5/h7-18,21-22H,6,19-20H2,1-5H3,(H,30,32). The number of nitrogens with zero attached hydrogens (tertiary/aromatic N) is 1. The highest BCUT2D eigenvalue weighted by Crippen LogP contribution is 2.22. The second-order valence-electron chi connectivity index (χ2n) is 8.88. The van der Waals surface area contributed by atoms with Crippen molar-refractivity contribution in [3.8, 4) is 16.9 Å². The molecule has 0 heterocycles. The molecular weight excluding hydrogens is 408 g/mol. The topological polar surface area (TPSA) is 41.6 Å². The van der Waals surface area contributed by atoms with E-state index in [0.717, 1.165) is 35.5 Å². The molecule has 0 fully saturated rings. The third-order valence-corrected chi connectivity index (χ3v) is 5.90. The molecule has 0 atom stereocenters. The number of rotatable bonds is 10. The number of aryl methyl sites for hydroxylation is 1. The van der Waals surface area contributed by atoms with Crippen LogP contribution in [0.4, 0.5) is 5.69 Å². The number of hydrogen-bond acceptors (Lipinski definition) is 3. The summed E-state index contributed by atoms with van der Waals surface area (Å²) in [6, 6.07) is 24.8. The Labute approximate surface area is 198 Å². The molecule has 4 nitrogen and oxygen atoms in total. The molecule has 0 aliphatic carbocycles. The SMILES string of the molecule is CCc1ccc(-c2ccc(C(=O)Nc3ccc(OCCN(C(C)C)C(C)C)cc3)cc2)cc1. The molecule has 0 aromatic heterocycles. The molecule has 1 N–H and O–H groups in total. The molecule has 33 heavy (non-hydrogen) atoms. The van der Waals surface area contributed by atoms with Gasteiger partial charge in [-0.2, -0.15) is 0 Å². The van der Waals surface area contributed by atoms with E-state index in [1.807, 2.05) is 48.5 Å². The average Bonchev–Trinajstić information content (AvgIpc) is 2.82. The Balaban J connectivity index is 1.53. The highest BCUT2D eigenvalue weighted by atomic mass is 16.5. The molecule has 0 bridgehead atoms. The first kappa shape index (κ1) is 24.5. The number of carbonyl (C=O) groups is 1. The summed E-state index contributed by atoms with van der Waals surface area (Å²) in [5.41, 5.74) is 4.95. The fourth-order valence-electron chi connectivity index (χ4n) is 3.97. The number of benzene rings is 3. The zero-order chi connectivity index (χ0) is 23.8. The second kappa shape index (κ2) is 11.7. The number of ether oxygens (including phenoxy) is 1. The van der Waals surface area contributed by atoms with Gasteiger partial charge in [-0.05, 0) is 87.2 Å². The number of hydrogen-bond donors (Lipinski definition) is 1. The molecule has 4 heteroatoms. The summed E-state index contributed by atoms with van der Waals surface area (Å²) in [6.07, 6.45) is 1.03. The van der Waals surface area contributed by atoms with Gasteiger partial charge in [-0.25, -0.2) is 0 Å². The van der Waals surface area contributed by atoms with Gasteiger partial charge in [0, 0.05) is 29.9 Å². The Morgan fingerprint density at radius 1 is 0.818 bits per heavy atom. The predicted octanol–water partition coefficient (Wildman–Crippen LogP) is 6.67. The summed E-state index contributed by atoms with van der Waals surface area (Å²) >= 11 is 0. The van der Waals surface area contributed by atoms with Gasteiger partial charge in [-0.1, -0.05) is 43.3 Å². The fraction of sp³-hybridized carbons (Fsp3) is 0.345. The van der Waals surface area contributed by atoms with E-state index in [2.05, 4.69) is 69.1 Å². The lowest BCUT2D eigenvalue weighted by atomic mass is 10.0. The van der Waals surface area contributed by atoms with Crippen molar-refractivity contribution in [3.63, 3.8) is 0 Å². The van der Waals surface area contributed by atoms with Crippen LogP contribution in [0, 0.1) is 0 Å². The van der Waals surface area contributed by atoms with Crippen LogP contribution in [0.15, 0.2) is 72.8 Å². The Bertz CT molecular complexity index is 999. The Kier molecular flexibility index (Phi) is 8.67. The fourth-order valence-corrected chi connectivity index (χ4v) is 3.97. The first-order valence-electron chi connectivity index (χ1n) is 11.9. The number of carbonyl (C=O) groups excluding carboxylic acids is 1. The molecule has 174 valence electrons. The summed E-state index contributed by atoms with van der Waals surface area (Å²) in [5.74, 6) is 0.681. The van der Waals surface area contributed by atoms with Crippen molar-refractivity contribution in [2.75, 3.05) is 18.5 Å². The van der Waals surface area contributed by atoms with Crippen LogP contribution in [0.3, 0.4) is 0 Å². The minimum atomic E-state index is -0.124. The van der Waals surface area contributed by atoms with Gasteiger partial charge in [0.2, 0.25) is 0 Å². The highest BCUT2D eigenvalue weighted by Gasteiger charge is 2.13. The largest absolute Gasteiger partial charge is 0.492 e. The van der Waals surface area contributed by atoms with E-state index in [1.165, 1.54) is 5.56 Å². The van der Waals surface area contributed by atoms with Gasteiger partial charge in [0.25, 0.3) is 5.91 Å². The monoisotopic (exact) mass is 444 g/mol. The van der Waals surface area contributed by atoms with Crippen LogP contribution in [-0.4, -0.2) is 36.0 Å². The normalized spacial score (nSPS) is 11.3. The molecule has 0 aliphatic heterocycles. The van der Waals surface area contributed by atoms with Gasteiger partial charge in [0.15, 0.2) is 0 Å². The summed E-state index contributed by atoms with van der Waals surface area (Å²) in [7, 11) is 0. The molecule has 3 rings (SSSR count). The molecule has 0 saturated heterocycles. The molecule has 3 aromatic rings. The van der Waals surface area contributed by atoms with Gasteiger partial charge in [0.1, 0.15) is 12.4 Å². The molecule has 0 spiro atoms. The van der Waals surface area contributed by atoms with Crippen LogP contribution in [0.2, 0.25) is 0 Å². The molecule has 0 aliphatic rings. The molecule has 3 aromatic carbocycles. The Hall–Kier alpha value is -3.11. The minimum Gasteiger partial charge on any atom is -0.492 e. The lowest BCUT2D eigenvalue weighted by molar-refractivity contribution is 0.102. The summed E-state index contributed by atoms with van der Waals surface area (Å²) in [4.78, 5) is 15.1. The summed E-state index contributed by atoms with van der Waals surface area (Å²) in [5, 5.41) is 2.96. The van der Waals surface area contributed by atoms with E-state index in [0.29, 0.717) is 24.3 Å². The van der Waals surface area contributed by atoms with E-state index >= 15 is 0 Å². The van der Waals surface area contributed by atoms with E-state index in [9.17, 15) is 4.79 Å². The zero-order valence-corrected chi connectivity index (χ0v) is 20.5. The zero-order valence-electron chi connectivity index (χ0n) is 20.5. The maximum Gasteiger partial charge on any atom is 0.255 e. The van der Waals surface area contributed by atoms with Crippen molar-refractivity contribution < 1.29 is 9.53 Å². The van der Waals surface area contributed by atoms with Crippen molar-refractivity contribution in [2.45, 2.75) is 53.1 Å². The van der Waals surface area contributed by atoms with Crippen LogP contribution in [-0.2, 0) is 6.42 Å². The maximum atomic E-state index is 12.7. The van der Waals surface area contributed by atoms with Crippen LogP contribution < -0.4 is 10.1 Å². The average molecular weight is 445 g/mol. The van der Waals surface area contributed by atoms with Crippen LogP contribution >= 0.6 is 0 Å². The van der Waals surface area contributed by atoms with Crippen LogP contribution in [0.5, 0.6) is 5.75 Å². The minimum absolute atomic E-state index is 0.124. The molecular formula is C29H36N2O2. The third-order valence-electron chi connectivity index (χ3n) is 5.90. The number of nitrogens with one attached hydrogen (secondary N) is 1. The Morgan fingerprint density at radius 3 is 1.88 bits per heavy atom. The lowest BCUT2D eigenvalue weighted by Crippen LogP contribution is -2.39. The quantitative estimate of drug-likeness (QED) is 0.380. The third kappa shape index (κ3) is 6.93. The van der Waals surface area contributed by atoms with E-state index in [1.54, 1.807) is 0 Å². The van der Waals surface area contributed by atoms with Gasteiger partial charge in [-0.3, -0.25) is 9.69 Å². The van der Waals surface area contributed by atoms with E-state index in [-0.39, 0.29) is 5.91 Å². The molecule has 0 unspecified atom stereocenters. The summed E-state index contributed by atoms with van der Waals surface area (Å²) in [6.45, 7) is 12.5. The maximum absolute atomic E-state index is 12.7. The first-order chi connectivity index (χ1) is 15.9. The predicted molar refractivity (Wildman–Crippen MR) is 138 cm³/mol. The van der Waals surface area contributed by atoms with Gasteiger partial charge < -0.3 is 10.1 Å². The van der Waals surface area contributed by atoms with Crippen molar-refractivity contribution >= 4 is 11.6 Å². The smallest absolute Gasteiger partial charge is 0.255 e. The molecule has 1 amide bonds. The summed E-state index contributed by atoms with van der Waals surface area (Å²) < 4.78 is 5.90. The van der Waals surface area contributed by atoms with Gasteiger partial charge in [-0.15, -0.1) is 0 Å². The Morgan fingerprint density at radius 2 is 1.36 bits per heavy atom. The van der Waals surface area contributed by atoms with Crippen molar-refractivity contribution in [3.05, 3.63) is 83.9 Å². The second-order valence-corrected chi connectivity index (χ2v) is 8.88. The van der Waals surface area contributed by atoms with Crippen molar-refractivity contribution in [2.24, 2.45) is 0 Å². The van der Waals surface area contributed by atoms with E-state index < -0.39 is 0 Å². The van der Waals surface area contributed by atoms with Gasteiger partial charge >= 0.3 is 0 Å². The molecule has 0 radical (unpaired) electrons. The highest BCUT2D eigenvalue weighted by molar-refractivity contribution is 6.04. The number of anilines is 1. The lowest BCUT2D eigenvalue weighted by Gasteiger charge is -2.30. The van der Waals surface area contributed by atoms with Crippen LogP contribution in [0.1, 0.15) is 50.5 Å². The van der Waals surface area contributed by atoms with Crippen LogP contribution in [0.25, 0.3) is 11.1 Å².